The van der Waals surface area contributed by atoms with Crippen molar-refractivity contribution in [1.82, 2.24) is 4.98 Å². The van der Waals surface area contributed by atoms with Gasteiger partial charge in [-0.15, -0.1) is 0 Å². The molecule has 1 amide bonds. The lowest BCUT2D eigenvalue weighted by Crippen LogP contribution is -2.36. The number of carbonyl (C=O) groups is 1. The molecule has 2 heterocycles. The van der Waals surface area contributed by atoms with Gasteiger partial charge in [0.25, 0.3) is 0 Å². The summed E-state index contributed by atoms with van der Waals surface area (Å²) in [5, 5.41) is 12.8. The Labute approximate surface area is 167 Å². The molecule has 2 aromatic carbocycles. The van der Waals surface area contributed by atoms with E-state index in [0.29, 0.717) is 18.4 Å². The molecule has 28 heavy (non-hydrogen) atoms. The number of nitriles is 1. The van der Waals surface area contributed by atoms with Crippen LogP contribution in [-0.4, -0.2) is 37.2 Å². The number of nitrogens with one attached hydrogen (secondary N) is 1. The van der Waals surface area contributed by atoms with Gasteiger partial charge in [0.1, 0.15) is 0 Å². The summed E-state index contributed by atoms with van der Waals surface area (Å²) in [7, 11) is 0. The van der Waals surface area contributed by atoms with E-state index in [1.54, 1.807) is 23.5 Å². The highest BCUT2D eigenvalue weighted by molar-refractivity contribution is 7.22. The van der Waals surface area contributed by atoms with Crippen LogP contribution in [0, 0.1) is 11.3 Å². The number of hydrogen-bond acceptors (Lipinski definition) is 6. The summed E-state index contributed by atoms with van der Waals surface area (Å²) in [5.41, 5.74) is 3.40. The van der Waals surface area contributed by atoms with E-state index in [9.17, 15) is 4.79 Å². The third kappa shape index (κ3) is 4.30. The molecule has 1 fully saturated rings. The first kappa shape index (κ1) is 18.4. The van der Waals surface area contributed by atoms with Crippen molar-refractivity contribution in [2.75, 3.05) is 36.5 Å². The number of ether oxygens (including phenoxy) is 1. The van der Waals surface area contributed by atoms with Crippen molar-refractivity contribution in [2.45, 2.75) is 12.8 Å². The van der Waals surface area contributed by atoms with Gasteiger partial charge in [0, 0.05) is 25.2 Å². The molecule has 0 bridgehead atoms. The minimum absolute atomic E-state index is 0.0263. The van der Waals surface area contributed by atoms with Gasteiger partial charge in [-0.2, -0.15) is 5.26 Å². The first-order chi connectivity index (χ1) is 13.7. The minimum Gasteiger partial charge on any atom is -0.378 e. The van der Waals surface area contributed by atoms with Gasteiger partial charge in [-0.3, -0.25) is 4.79 Å². The number of aryl methyl sites for hydroxylation is 1. The van der Waals surface area contributed by atoms with Crippen molar-refractivity contribution in [3.63, 3.8) is 0 Å². The molecule has 3 aromatic rings. The number of hydrogen-bond donors (Lipinski definition) is 1. The fourth-order valence-electron chi connectivity index (χ4n) is 3.11. The number of benzene rings is 2. The van der Waals surface area contributed by atoms with Gasteiger partial charge < -0.3 is 15.0 Å². The van der Waals surface area contributed by atoms with Crippen LogP contribution in [0.25, 0.3) is 10.2 Å². The van der Waals surface area contributed by atoms with Crippen LogP contribution in [0.2, 0.25) is 0 Å². The molecule has 1 aliphatic rings. The van der Waals surface area contributed by atoms with E-state index in [1.807, 2.05) is 30.3 Å². The summed E-state index contributed by atoms with van der Waals surface area (Å²) in [4.78, 5) is 19.2. The van der Waals surface area contributed by atoms with Crippen LogP contribution >= 0.6 is 11.3 Å². The molecule has 6 nitrogen and oxygen atoms in total. The molecule has 0 aliphatic carbocycles. The van der Waals surface area contributed by atoms with Crippen molar-refractivity contribution in [3.8, 4) is 6.07 Å². The van der Waals surface area contributed by atoms with E-state index < -0.39 is 0 Å². The second-order valence-electron chi connectivity index (χ2n) is 6.64. The zero-order valence-electron chi connectivity index (χ0n) is 15.4. The van der Waals surface area contributed by atoms with Crippen molar-refractivity contribution in [3.05, 3.63) is 53.6 Å². The third-order valence-corrected chi connectivity index (χ3v) is 5.75. The lowest BCUT2D eigenvalue weighted by molar-refractivity contribution is -0.116. The quantitative estimate of drug-likeness (QED) is 0.718. The van der Waals surface area contributed by atoms with Gasteiger partial charge in [-0.1, -0.05) is 23.5 Å². The maximum atomic E-state index is 12.3. The average Bonchev–Trinajstić information content (AvgIpc) is 3.17. The number of amides is 1. The number of carbonyl (C=O) groups excluding carboxylic acids is 1. The Morgan fingerprint density at radius 1 is 1.21 bits per heavy atom. The third-order valence-electron chi connectivity index (χ3n) is 4.67. The SMILES string of the molecule is N#Cc1ccc(CCC(=O)Nc2ccc3nc(N4CCOCC4)sc3c2)cc1. The summed E-state index contributed by atoms with van der Waals surface area (Å²) in [5.74, 6) is -0.0263. The molecule has 142 valence electrons. The normalized spacial score (nSPS) is 14.0. The van der Waals surface area contributed by atoms with Crippen LogP contribution in [0.5, 0.6) is 0 Å². The molecular formula is C21H20N4O2S. The van der Waals surface area contributed by atoms with E-state index in [0.717, 1.165) is 52.9 Å². The molecule has 1 aromatic heterocycles. The second-order valence-corrected chi connectivity index (χ2v) is 7.64. The monoisotopic (exact) mass is 392 g/mol. The lowest BCUT2D eigenvalue weighted by atomic mass is 10.1. The van der Waals surface area contributed by atoms with Gasteiger partial charge in [0.05, 0.1) is 35.1 Å². The summed E-state index contributed by atoms with van der Waals surface area (Å²) in [6.45, 7) is 3.18. The smallest absolute Gasteiger partial charge is 0.224 e. The highest BCUT2D eigenvalue weighted by atomic mass is 32.1. The number of morpholine rings is 1. The second kappa shape index (κ2) is 8.38. The van der Waals surface area contributed by atoms with Crippen LogP contribution in [0.4, 0.5) is 10.8 Å². The summed E-state index contributed by atoms with van der Waals surface area (Å²) in [6, 6.07) is 15.3. The van der Waals surface area contributed by atoms with E-state index in [4.69, 9.17) is 15.0 Å². The number of nitrogens with zero attached hydrogens (tertiary/aromatic N) is 3. The van der Waals surface area contributed by atoms with E-state index in [1.165, 1.54) is 0 Å². The predicted molar refractivity (Wildman–Crippen MR) is 111 cm³/mol. The number of thiazole rings is 1. The molecule has 7 heteroatoms. The molecule has 4 rings (SSSR count). The molecule has 0 atom stereocenters. The molecule has 1 N–H and O–H groups in total. The topological polar surface area (TPSA) is 78.2 Å². The van der Waals surface area contributed by atoms with Gasteiger partial charge in [0.2, 0.25) is 5.91 Å². The van der Waals surface area contributed by atoms with E-state index >= 15 is 0 Å². The van der Waals surface area contributed by atoms with Gasteiger partial charge in [-0.25, -0.2) is 4.98 Å². The minimum atomic E-state index is -0.0263. The number of rotatable bonds is 5. The molecule has 1 saturated heterocycles. The predicted octanol–water partition coefficient (Wildman–Crippen LogP) is 3.58. The van der Waals surface area contributed by atoms with Crippen molar-refractivity contribution < 1.29 is 9.53 Å². The molecule has 0 saturated carbocycles. The highest BCUT2D eigenvalue weighted by Crippen LogP contribution is 2.31. The van der Waals surface area contributed by atoms with Crippen LogP contribution in [-0.2, 0) is 16.0 Å². The molecule has 0 unspecified atom stereocenters. The molecule has 0 spiro atoms. The van der Waals surface area contributed by atoms with Crippen molar-refractivity contribution in [1.29, 1.82) is 5.26 Å². The summed E-state index contributed by atoms with van der Waals surface area (Å²) < 4.78 is 6.46. The Kier molecular flexibility index (Phi) is 5.51. The Bertz CT molecular complexity index is 1020. The fraction of sp³-hybridized carbons (Fsp3) is 0.286. The van der Waals surface area contributed by atoms with Crippen LogP contribution < -0.4 is 10.2 Å². The van der Waals surface area contributed by atoms with E-state index in [-0.39, 0.29) is 5.91 Å². The Hall–Kier alpha value is -2.95. The zero-order chi connectivity index (χ0) is 19.3. The van der Waals surface area contributed by atoms with E-state index in [2.05, 4.69) is 16.3 Å². The molecule has 0 radical (unpaired) electrons. The standard InChI is InChI=1S/C21H20N4O2S/c22-14-16-3-1-15(2-4-16)5-8-20(26)23-17-6-7-18-19(13-17)28-21(24-18)25-9-11-27-12-10-25/h1-4,6-7,13H,5,8-12H2,(H,23,26). The fourth-order valence-corrected chi connectivity index (χ4v) is 4.16. The Morgan fingerprint density at radius 3 is 2.75 bits per heavy atom. The number of fused-ring (bicyclic) bond motifs is 1. The van der Waals surface area contributed by atoms with Gasteiger partial charge >= 0.3 is 0 Å². The summed E-state index contributed by atoms with van der Waals surface area (Å²) >= 11 is 1.64. The number of aromatic nitrogens is 1. The van der Waals surface area contributed by atoms with Crippen molar-refractivity contribution in [2.24, 2.45) is 0 Å². The van der Waals surface area contributed by atoms with Crippen molar-refractivity contribution >= 4 is 38.3 Å². The Morgan fingerprint density at radius 2 is 2.00 bits per heavy atom. The Balaban J connectivity index is 1.38. The summed E-state index contributed by atoms with van der Waals surface area (Å²) in [6.07, 6.45) is 1.03. The lowest BCUT2D eigenvalue weighted by Gasteiger charge is -2.25. The largest absolute Gasteiger partial charge is 0.378 e. The first-order valence-electron chi connectivity index (χ1n) is 9.23. The molecule has 1 aliphatic heterocycles. The average molecular weight is 392 g/mol. The zero-order valence-corrected chi connectivity index (χ0v) is 16.2. The van der Waals surface area contributed by atoms with Gasteiger partial charge in [-0.05, 0) is 42.3 Å². The van der Waals surface area contributed by atoms with Crippen LogP contribution in [0.1, 0.15) is 17.5 Å². The maximum absolute atomic E-state index is 12.3. The van der Waals surface area contributed by atoms with Crippen LogP contribution in [0.3, 0.4) is 0 Å². The van der Waals surface area contributed by atoms with Gasteiger partial charge in [0.15, 0.2) is 5.13 Å². The maximum Gasteiger partial charge on any atom is 0.224 e. The highest BCUT2D eigenvalue weighted by Gasteiger charge is 2.15. The van der Waals surface area contributed by atoms with Crippen LogP contribution in [0.15, 0.2) is 42.5 Å². The first-order valence-corrected chi connectivity index (χ1v) is 10.0. The molecular weight excluding hydrogens is 372 g/mol. The number of anilines is 2.